The van der Waals surface area contributed by atoms with E-state index in [0.717, 1.165) is 36.4 Å². The van der Waals surface area contributed by atoms with Crippen LogP contribution < -0.4 is 0 Å². The van der Waals surface area contributed by atoms with Crippen molar-refractivity contribution in [2.24, 2.45) is 11.8 Å². The fourth-order valence-corrected chi connectivity index (χ4v) is 4.45. The zero-order valence-corrected chi connectivity index (χ0v) is 12.9. The maximum Gasteiger partial charge on any atom is 0.228 e. The van der Waals surface area contributed by atoms with Crippen molar-refractivity contribution in [1.82, 2.24) is 9.88 Å². The molecule has 2 aliphatic carbocycles. The van der Waals surface area contributed by atoms with Crippen LogP contribution in [0.1, 0.15) is 36.4 Å². The maximum absolute atomic E-state index is 12.3. The van der Waals surface area contributed by atoms with Gasteiger partial charge in [-0.25, -0.2) is 4.98 Å². The van der Waals surface area contributed by atoms with Crippen LogP contribution in [0.25, 0.3) is 0 Å². The van der Waals surface area contributed by atoms with Crippen LogP contribution in [0.5, 0.6) is 0 Å². The van der Waals surface area contributed by atoms with Crippen molar-refractivity contribution < 1.29 is 9.90 Å². The van der Waals surface area contributed by atoms with Gasteiger partial charge < -0.3 is 10.0 Å². The summed E-state index contributed by atoms with van der Waals surface area (Å²) in [6.07, 6.45) is 4.27. The van der Waals surface area contributed by atoms with Gasteiger partial charge in [0.2, 0.25) is 5.91 Å². The summed E-state index contributed by atoms with van der Waals surface area (Å²) >= 11 is 1.59. The molecule has 20 heavy (non-hydrogen) atoms. The molecule has 2 unspecified atom stereocenters. The molecule has 110 valence electrons. The minimum Gasteiger partial charge on any atom is -0.393 e. The molecular weight excluding hydrogens is 272 g/mol. The first-order valence-electron chi connectivity index (χ1n) is 7.37. The fourth-order valence-electron chi connectivity index (χ4n) is 3.84. The molecule has 1 amide bonds. The van der Waals surface area contributed by atoms with Crippen molar-refractivity contribution in [2.75, 3.05) is 7.05 Å². The van der Waals surface area contributed by atoms with E-state index in [9.17, 15) is 9.90 Å². The number of aryl methyl sites for hydroxylation is 1. The van der Waals surface area contributed by atoms with E-state index in [2.05, 4.69) is 4.98 Å². The van der Waals surface area contributed by atoms with Gasteiger partial charge in [0.1, 0.15) is 0 Å². The molecule has 1 aromatic heterocycles. The van der Waals surface area contributed by atoms with Gasteiger partial charge in [0.05, 0.1) is 23.2 Å². The van der Waals surface area contributed by atoms with E-state index in [1.807, 2.05) is 24.3 Å². The number of aliphatic hydroxyl groups excluding tert-OH is 1. The third kappa shape index (κ3) is 2.74. The van der Waals surface area contributed by atoms with Gasteiger partial charge in [-0.2, -0.15) is 0 Å². The third-order valence-electron chi connectivity index (χ3n) is 4.91. The monoisotopic (exact) mass is 294 g/mol. The number of nitrogens with zero attached hydrogens (tertiary/aromatic N) is 2. The normalized spacial score (nSPS) is 32.4. The molecule has 1 heterocycles. The molecule has 3 rings (SSSR count). The lowest BCUT2D eigenvalue weighted by Crippen LogP contribution is -2.37. The molecule has 4 nitrogen and oxygen atoms in total. The molecule has 5 heteroatoms. The van der Waals surface area contributed by atoms with Gasteiger partial charge in [0.15, 0.2) is 0 Å². The van der Waals surface area contributed by atoms with Crippen LogP contribution in [0.4, 0.5) is 0 Å². The molecule has 2 saturated carbocycles. The van der Waals surface area contributed by atoms with Crippen molar-refractivity contribution in [3.63, 3.8) is 0 Å². The van der Waals surface area contributed by atoms with Gasteiger partial charge in [-0.15, -0.1) is 11.3 Å². The first kappa shape index (κ1) is 14.0. The molecular formula is C15H22N2O2S. The second-order valence-electron chi connectivity index (χ2n) is 6.31. The number of aromatic nitrogens is 1. The Morgan fingerprint density at radius 2 is 2.05 bits per heavy atom. The Hall–Kier alpha value is -0.940. The summed E-state index contributed by atoms with van der Waals surface area (Å²) in [5.74, 6) is 1.40. The van der Waals surface area contributed by atoms with Crippen molar-refractivity contribution in [1.29, 1.82) is 0 Å². The number of hydrogen-bond donors (Lipinski definition) is 1. The van der Waals surface area contributed by atoms with Crippen molar-refractivity contribution in [3.8, 4) is 0 Å². The standard InChI is InChI=1S/C15H22N2O2S/c1-9-16-12(8-20-9)7-15(19)17(2)13-3-10-5-14(18)6-11(10)4-13/h8,10-11,13-14,18H,3-7H2,1-2H3/t10-,11+,13?,14?. The Kier molecular flexibility index (Phi) is 3.82. The van der Waals surface area contributed by atoms with Crippen LogP contribution in [0, 0.1) is 18.8 Å². The minimum atomic E-state index is -0.107. The number of thiazole rings is 1. The molecule has 0 radical (unpaired) electrons. The summed E-state index contributed by atoms with van der Waals surface area (Å²) in [4.78, 5) is 18.6. The summed E-state index contributed by atoms with van der Waals surface area (Å²) in [5.41, 5.74) is 0.887. The van der Waals surface area contributed by atoms with Crippen LogP contribution in [0.2, 0.25) is 0 Å². The van der Waals surface area contributed by atoms with Crippen molar-refractivity contribution in [2.45, 2.75) is 51.2 Å². The number of fused-ring (bicyclic) bond motifs is 1. The van der Waals surface area contributed by atoms with E-state index >= 15 is 0 Å². The quantitative estimate of drug-likeness (QED) is 0.927. The zero-order valence-electron chi connectivity index (χ0n) is 12.1. The maximum atomic E-state index is 12.3. The molecule has 2 aliphatic rings. The van der Waals surface area contributed by atoms with Crippen LogP contribution >= 0.6 is 11.3 Å². The Bertz CT molecular complexity index is 488. The van der Waals surface area contributed by atoms with Crippen molar-refractivity contribution >= 4 is 17.2 Å². The summed E-state index contributed by atoms with van der Waals surface area (Å²) in [7, 11) is 1.92. The van der Waals surface area contributed by atoms with E-state index in [-0.39, 0.29) is 12.0 Å². The molecule has 0 saturated heterocycles. The predicted octanol–water partition coefficient (Wildman–Crippen LogP) is 2.00. The number of aliphatic hydroxyl groups is 1. The highest BCUT2D eigenvalue weighted by Gasteiger charge is 2.43. The number of hydrogen-bond acceptors (Lipinski definition) is 4. The smallest absolute Gasteiger partial charge is 0.228 e. The average Bonchev–Trinajstić information content (AvgIpc) is 3.03. The minimum absolute atomic E-state index is 0.107. The lowest BCUT2D eigenvalue weighted by atomic mass is 10.0. The summed E-state index contributed by atoms with van der Waals surface area (Å²) in [6.45, 7) is 1.96. The molecule has 1 N–H and O–H groups in total. The molecule has 0 aliphatic heterocycles. The van der Waals surface area contributed by atoms with E-state index in [4.69, 9.17) is 0 Å². The van der Waals surface area contributed by atoms with Crippen LogP contribution in [0.15, 0.2) is 5.38 Å². The molecule has 1 aromatic rings. The third-order valence-corrected chi connectivity index (χ3v) is 5.73. The first-order chi connectivity index (χ1) is 9.52. The lowest BCUT2D eigenvalue weighted by Gasteiger charge is -2.25. The van der Waals surface area contributed by atoms with Crippen LogP contribution in [0.3, 0.4) is 0 Å². The first-order valence-corrected chi connectivity index (χ1v) is 8.25. The molecule has 0 bridgehead atoms. The largest absolute Gasteiger partial charge is 0.393 e. The number of carbonyl (C=O) groups excluding carboxylic acids is 1. The highest BCUT2D eigenvalue weighted by molar-refractivity contribution is 7.09. The number of amides is 1. The second kappa shape index (κ2) is 5.45. The number of rotatable bonds is 3. The highest BCUT2D eigenvalue weighted by atomic mass is 32.1. The highest BCUT2D eigenvalue weighted by Crippen LogP contribution is 2.45. The number of carbonyl (C=O) groups is 1. The van der Waals surface area contributed by atoms with Gasteiger partial charge in [-0.05, 0) is 44.4 Å². The van der Waals surface area contributed by atoms with Crippen LogP contribution in [-0.4, -0.2) is 40.1 Å². The number of likely N-dealkylation sites (N-methyl/N-ethyl adjacent to an activating group) is 1. The van der Waals surface area contributed by atoms with Gasteiger partial charge >= 0.3 is 0 Å². The average molecular weight is 294 g/mol. The lowest BCUT2D eigenvalue weighted by molar-refractivity contribution is -0.131. The van der Waals surface area contributed by atoms with Gasteiger partial charge in [0, 0.05) is 18.5 Å². The summed E-state index contributed by atoms with van der Waals surface area (Å²) in [6, 6.07) is 0.352. The molecule has 0 spiro atoms. The molecule has 4 atom stereocenters. The van der Waals surface area contributed by atoms with Crippen LogP contribution in [-0.2, 0) is 11.2 Å². The predicted molar refractivity (Wildman–Crippen MR) is 78.6 cm³/mol. The molecule has 2 fully saturated rings. The van der Waals surface area contributed by atoms with E-state index < -0.39 is 0 Å². The fraction of sp³-hybridized carbons (Fsp3) is 0.733. The zero-order chi connectivity index (χ0) is 14.3. The van der Waals surface area contributed by atoms with Gasteiger partial charge in [0.25, 0.3) is 0 Å². The van der Waals surface area contributed by atoms with E-state index in [0.29, 0.717) is 24.3 Å². The van der Waals surface area contributed by atoms with E-state index in [1.54, 1.807) is 11.3 Å². The Balaban J connectivity index is 1.57. The topological polar surface area (TPSA) is 53.4 Å². The SMILES string of the molecule is Cc1nc(CC(=O)N(C)C2C[C@H]3CC(O)C[C@H]3C2)cs1. The second-order valence-corrected chi connectivity index (χ2v) is 7.37. The summed E-state index contributed by atoms with van der Waals surface area (Å²) in [5, 5.41) is 12.7. The Labute approximate surface area is 123 Å². The Morgan fingerprint density at radius 3 is 2.60 bits per heavy atom. The van der Waals surface area contributed by atoms with E-state index in [1.165, 1.54) is 0 Å². The Morgan fingerprint density at radius 1 is 1.40 bits per heavy atom. The van der Waals surface area contributed by atoms with Gasteiger partial charge in [-0.1, -0.05) is 0 Å². The van der Waals surface area contributed by atoms with Gasteiger partial charge in [-0.3, -0.25) is 4.79 Å². The van der Waals surface area contributed by atoms with Crippen molar-refractivity contribution in [3.05, 3.63) is 16.1 Å². The molecule has 0 aromatic carbocycles. The summed E-state index contributed by atoms with van der Waals surface area (Å²) < 4.78 is 0.